The van der Waals surface area contributed by atoms with Crippen molar-refractivity contribution in [2.45, 2.75) is 36.6 Å². The number of likely N-dealkylation sites (tertiary alicyclic amines) is 1. The quantitative estimate of drug-likeness (QED) is 0.921. The lowest BCUT2D eigenvalue weighted by atomic mass is 9.98. The van der Waals surface area contributed by atoms with Crippen LogP contribution >= 0.6 is 0 Å². The van der Waals surface area contributed by atoms with Gasteiger partial charge in [-0.1, -0.05) is 12.1 Å². The standard InChI is InChI=1S/C15H21N3O2S/c1-16-10-9-12-6-4-5-11-18(12)15-13-7-2-3-8-14(13)21(19,20)17-15/h2-3,7-8,12,16H,4-6,9-11H2,1H3. The molecule has 2 aliphatic heterocycles. The van der Waals surface area contributed by atoms with Crippen LogP contribution in [0.3, 0.4) is 0 Å². The van der Waals surface area contributed by atoms with Crippen molar-refractivity contribution < 1.29 is 8.42 Å². The Balaban J connectivity index is 1.95. The highest BCUT2D eigenvalue weighted by Crippen LogP contribution is 2.31. The number of benzene rings is 1. The Morgan fingerprint density at radius 3 is 2.95 bits per heavy atom. The third-order valence-electron chi connectivity index (χ3n) is 4.24. The van der Waals surface area contributed by atoms with Crippen molar-refractivity contribution in [1.29, 1.82) is 0 Å². The molecule has 1 atom stereocenters. The number of nitrogens with zero attached hydrogens (tertiary/aromatic N) is 2. The predicted molar refractivity (Wildman–Crippen MR) is 83.1 cm³/mol. The van der Waals surface area contributed by atoms with Crippen molar-refractivity contribution in [2.75, 3.05) is 20.1 Å². The Hall–Kier alpha value is -1.40. The maximum absolute atomic E-state index is 12.2. The molecule has 1 fully saturated rings. The highest BCUT2D eigenvalue weighted by atomic mass is 32.2. The summed E-state index contributed by atoms with van der Waals surface area (Å²) in [6.45, 7) is 1.82. The second kappa shape index (κ2) is 5.77. The van der Waals surface area contributed by atoms with Gasteiger partial charge in [-0.05, 0) is 51.4 Å². The third-order valence-corrected chi connectivity index (χ3v) is 5.56. The van der Waals surface area contributed by atoms with Gasteiger partial charge in [0, 0.05) is 18.2 Å². The van der Waals surface area contributed by atoms with Gasteiger partial charge in [-0.15, -0.1) is 4.40 Å². The second-order valence-electron chi connectivity index (χ2n) is 5.62. The summed E-state index contributed by atoms with van der Waals surface area (Å²) >= 11 is 0. The van der Waals surface area contributed by atoms with Gasteiger partial charge in [0.2, 0.25) is 0 Å². The van der Waals surface area contributed by atoms with Crippen LogP contribution in [0.15, 0.2) is 33.6 Å². The Kier molecular flexibility index (Phi) is 3.99. The van der Waals surface area contributed by atoms with Crippen LogP contribution in [0.2, 0.25) is 0 Å². The fraction of sp³-hybridized carbons (Fsp3) is 0.533. The molecule has 1 aromatic rings. The first-order chi connectivity index (χ1) is 10.1. The maximum atomic E-state index is 12.2. The summed E-state index contributed by atoms with van der Waals surface area (Å²) in [5, 5.41) is 3.18. The average molecular weight is 307 g/mol. The minimum Gasteiger partial charge on any atom is -0.352 e. The van der Waals surface area contributed by atoms with E-state index in [4.69, 9.17) is 0 Å². The van der Waals surface area contributed by atoms with Gasteiger partial charge in [-0.25, -0.2) is 0 Å². The average Bonchev–Trinajstić information content (AvgIpc) is 2.78. The molecule has 114 valence electrons. The molecule has 1 aromatic carbocycles. The molecule has 0 bridgehead atoms. The third kappa shape index (κ3) is 2.70. The largest absolute Gasteiger partial charge is 0.352 e. The lowest BCUT2D eigenvalue weighted by molar-refractivity contribution is 0.230. The van der Waals surface area contributed by atoms with Gasteiger partial charge >= 0.3 is 0 Å². The molecule has 0 amide bonds. The summed E-state index contributed by atoms with van der Waals surface area (Å²) < 4.78 is 28.5. The van der Waals surface area contributed by atoms with Crippen molar-refractivity contribution in [1.82, 2.24) is 10.2 Å². The number of amidine groups is 1. The molecular weight excluding hydrogens is 286 g/mol. The summed E-state index contributed by atoms with van der Waals surface area (Å²) in [4.78, 5) is 2.54. The molecule has 2 aliphatic rings. The molecule has 21 heavy (non-hydrogen) atoms. The van der Waals surface area contributed by atoms with Crippen LogP contribution in [0.4, 0.5) is 0 Å². The summed E-state index contributed by atoms with van der Waals surface area (Å²) in [5.41, 5.74) is 0.758. The van der Waals surface area contributed by atoms with Crippen molar-refractivity contribution in [2.24, 2.45) is 4.40 Å². The zero-order chi connectivity index (χ0) is 14.9. The minimum absolute atomic E-state index is 0.345. The van der Waals surface area contributed by atoms with Crippen LogP contribution in [0.25, 0.3) is 0 Å². The molecule has 5 nitrogen and oxygen atoms in total. The highest BCUT2D eigenvalue weighted by molar-refractivity contribution is 7.90. The van der Waals surface area contributed by atoms with E-state index in [1.165, 1.54) is 6.42 Å². The second-order valence-corrected chi connectivity index (χ2v) is 7.19. The van der Waals surface area contributed by atoms with Crippen LogP contribution in [-0.4, -0.2) is 45.3 Å². The molecule has 0 aliphatic carbocycles. The highest BCUT2D eigenvalue weighted by Gasteiger charge is 2.35. The van der Waals surface area contributed by atoms with Crippen LogP contribution in [0.5, 0.6) is 0 Å². The van der Waals surface area contributed by atoms with Gasteiger partial charge in [-0.2, -0.15) is 8.42 Å². The van der Waals surface area contributed by atoms with E-state index in [2.05, 4.69) is 14.6 Å². The smallest absolute Gasteiger partial charge is 0.285 e. The van der Waals surface area contributed by atoms with Gasteiger partial charge in [0.1, 0.15) is 4.90 Å². The Morgan fingerprint density at radius 2 is 2.14 bits per heavy atom. The Bertz CT molecular complexity index is 655. The normalized spacial score (nSPS) is 23.8. The molecule has 1 unspecified atom stereocenters. The number of hydrogen-bond acceptors (Lipinski definition) is 4. The van der Waals surface area contributed by atoms with Gasteiger partial charge in [-0.3, -0.25) is 0 Å². The SMILES string of the molecule is CNCCC1CCCCN1C1=NS(=O)(=O)c2ccccc21. The monoisotopic (exact) mass is 307 g/mol. The number of sulfonamides is 1. The topological polar surface area (TPSA) is 61.8 Å². The fourth-order valence-electron chi connectivity index (χ4n) is 3.19. The zero-order valence-corrected chi connectivity index (χ0v) is 13.1. The number of nitrogens with one attached hydrogen (secondary N) is 1. The van der Waals surface area contributed by atoms with E-state index < -0.39 is 10.0 Å². The van der Waals surface area contributed by atoms with E-state index in [-0.39, 0.29) is 0 Å². The van der Waals surface area contributed by atoms with E-state index >= 15 is 0 Å². The summed E-state index contributed by atoms with van der Waals surface area (Å²) in [6, 6.07) is 7.51. The fourth-order valence-corrected chi connectivity index (χ4v) is 4.40. The van der Waals surface area contributed by atoms with Crippen LogP contribution in [0.1, 0.15) is 31.2 Å². The molecule has 0 radical (unpaired) electrons. The van der Waals surface area contributed by atoms with Crippen molar-refractivity contribution in [3.05, 3.63) is 29.8 Å². The first-order valence-electron chi connectivity index (χ1n) is 7.49. The summed E-state index contributed by atoms with van der Waals surface area (Å²) in [7, 11) is -1.57. The van der Waals surface area contributed by atoms with Gasteiger partial charge in [0.05, 0.1) is 0 Å². The van der Waals surface area contributed by atoms with E-state index in [1.807, 2.05) is 19.2 Å². The Labute approximate surface area is 126 Å². The van der Waals surface area contributed by atoms with Crippen molar-refractivity contribution in [3.63, 3.8) is 0 Å². The molecular formula is C15H21N3O2S. The summed E-state index contributed by atoms with van der Waals surface area (Å²) in [5.74, 6) is 0.645. The number of hydrogen-bond donors (Lipinski definition) is 1. The molecule has 0 aromatic heterocycles. The first kappa shape index (κ1) is 14.5. The molecule has 1 saturated heterocycles. The maximum Gasteiger partial charge on any atom is 0.285 e. The molecule has 2 heterocycles. The van der Waals surface area contributed by atoms with E-state index in [1.54, 1.807) is 12.1 Å². The minimum atomic E-state index is -3.52. The van der Waals surface area contributed by atoms with Crippen molar-refractivity contribution >= 4 is 15.9 Å². The molecule has 1 N–H and O–H groups in total. The van der Waals surface area contributed by atoms with Gasteiger partial charge < -0.3 is 10.2 Å². The molecule has 6 heteroatoms. The number of piperidine rings is 1. The number of rotatable bonds is 3. The lowest BCUT2D eigenvalue weighted by Crippen LogP contribution is -2.44. The number of fused-ring (bicyclic) bond motifs is 1. The first-order valence-corrected chi connectivity index (χ1v) is 8.93. The van der Waals surface area contributed by atoms with E-state index in [0.717, 1.165) is 37.9 Å². The lowest BCUT2D eigenvalue weighted by Gasteiger charge is -2.37. The zero-order valence-electron chi connectivity index (χ0n) is 12.2. The van der Waals surface area contributed by atoms with Crippen LogP contribution < -0.4 is 5.32 Å². The van der Waals surface area contributed by atoms with E-state index in [9.17, 15) is 8.42 Å². The van der Waals surface area contributed by atoms with Crippen molar-refractivity contribution in [3.8, 4) is 0 Å². The van der Waals surface area contributed by atoms with Crippen LogP contribution in [0, 0.1) is 0 Å². The molecule has 0 spiro atoms. The van der Waals surface area contributed by atoms with Crippen LogP contribution in [-0.2, 0) is 10.0 Å². The Morgan fingerprint density at radius 1 is 1.33 bits per heavy atom. The summed E-state index contributed by atoms with van der Waals surface area (Å²) in [6.07, 6.45) is 4.41. The van der Waals surface area contributed by atoms with E-state index in [0.29, 0.717) is 16.8 Å². The van der Waals surface area contributed by atoms with Gasteiger partial charge in [0.25, 0.3) is 10.0 Å². The molecule has 0 saturated carbocycles. The predicted octanol–water partition coefficient (Wildman–Crippen LogP) is 1.60. The van der Waals surface area contributed by atoms with Gasteiger partial charge in [0.15, 0.2) is 5.84 Å². The molecule has 3 rings (SSSR count).